The fourth-order valence-electron chi connectivity index (χ4n) is 3.07. The van der Waals surface area contributed by atoms with Crippen LogP contribution in [0, 0.1) is 0 Å². The molecule has 6 nitrogen and oxygen atoms in total. The Morgan fingerprint density at radius 3 is 2.54 bits per heavy atom. The molecule has 28 heavy (non-hydrogen) atoms. The molecule has 0 atom stereocenters. The quantitative estimate of drug-likeness (QED) is 0.596. The number of morpholine rings is 1. The maximum atomic E-state index is 12.6. The Balaban J connectivity index is 1.44. The minimum absolute atomic E-state index is 0.162. The highest BCUT2D eigenvalue weighted by Gasteiger charge is 2.26. The highest BCUT2D eigenvalue weighted by atomic mass is 32.2. The van der Waals surface area contributed by atoms with Gasteiger partial charge < -0.3 is 9.47 Å². The summed E-state index contributed by atoms with van der Waals surface area (Å²) in [6.45, 7) is 1.62. The standard InChI is InChI=1S/C20H19NO5S2/c22-20(26-13-16-14-27-19-4-2-1-3-18(16)19)15-5-7-17(8-6-15)28(23,24)21-9-11-25-12-10-21/h1-8,14H,9-13H2. The van der Waals surface area contributed by atoms with Crippen molar-refractivity contribution in [3.05, 3.63) is 65.0 Å². The van der Waals surface area contributed by atoms with Crippen LogP contribution in [0.1, 0.15) is 15.9 Å². The van der Waals surface area contributed by atoms with Gasteiger partial charge >= 0.3 is 5.97 Å². The second kappa shape index (κ2) is 8.00. The maximum Gasteiger partial charge on any atom is 0.338 e. The first-order chi connectivity index (χ1) is 13.6. The van der Waals surface area contributed by atoms with Crippen molar-refractivity contribution in [1.29, 1.82) is 0 Å². The molecule has 2 aromatic carbocycles. The van der Waals surface area contributed by atoms with Crippen molar-refractivity contribution in [3.63, 3.8) is 0 Å². The van der Waals surface area contributed by atoms with Crippen LogP contribution >= 0.6 is 11.3 Å². The van der Waals surface area contributed by atoms with Crippen molar-refractivity contribution in [2.45, 2.75) is 11.5 Å². The molecule has 1 aromatic heterocycles. The van der Waals surface area contributed by atoms with Crippen LogP contribution in [0.5, 0.6) is 0 Å². The maximum absolute atomic E-state index is 12.6. The van der Waals surface area contributed by atoms with E-state index >= 15 is 0 Å². The lowest BCUT2D eigenvalue weighted by molar-refractivity contribution is 0.0474. The highest BCUT2D eigenvalue weighted by molar-refractivity contribution is 7.89. The van der Waals surface area contributed by atoms with Crippen LogP contribution in [0.25, 0.3) is 10.1 Å². The second-order valence-electron chi connectivity index (χ2n) is 6.37. The van der Waals surface area contributed by atoms with Gasteiger partial charge in [-0.25, -0.2) is 13.2 Å². The summed E-state index contributed by atoms with van der Waals surface area (Å²) in [6.07, 6.45) is 0. The zero-order chi connectivity index (χ0) is 19.6. The molecule has 3 aromatic rings. The van der Waals surface area contributed by atoms with E-state index in [4.69, 9.17) is 9.47 Å². The van der Waals surface area contributed by atoms with Crippen LogP contribution in [0.15, 0.2) is 58.8 Å². The molecule has 0 N–H and O–H groups in total. The molecule has 1 saturated heterocycles. The fraction of sp³-hybridized carbons (Fsp3) is 0.250. The van der Waals surface area contributed by atoms with E-state index in [1.165, 1.54) is 28.6 Å². The molecule has 0 saturated carbocycles. The third-order valence-corrected chi connectivity index (χ3v) is 7.54. The van der Waals surface area contributed by atoms with Crippen LogP contribution in [0.3, 0.4) is 0 Å². The Morgan fingerprint density at radius 2 is 1.79 bits per heavy atom. The molecular weight excluding hydrogens is 398 g/mol. The number of sulfonamides is 1. The van der Waals surface area contributed by atoms with E-state index in [0.29, 0.717) is 31.9 Å². The molecule has 2 heterocycles. The van der Waals surface area contributed by atoms with E-state index in [1.807, 2.05) is 29.6 Å². The Bertz CT molecular complexity index is 1080. The number of esters is 1. The van der Waals surface area contributed by atoms with Crippen LogP contribution in [-0.4, -0.2) is 45.0 Å². The Labute approximate surface area is 167 Å². The summed E-state index contributed by atoms with van der Waals surface area (Å²) >= 11 is 1.61. The van der Waals surface area contributed by atoms with Gasteiger partial charge in [0.25, 0.3) is 0 Å². The van der Waals surface area contributed by atoms with Gasteiger partial charge in [-0.3, -0.25) is 0 Å². The summed E-state index contributed by atoms with van der Waals surface area (Å²) in [7, 11) is -3.57. The largest absolute Gasteiger partial charge is 0.457 e. The molecule has 1 fully saturated rings. The summed E-state index contributed by atoms with van der Waals surface area (Å²) in [6, 6.07) is 13.8. The van der Waals surface area contributed by atoms with Crippen molar-refractivity contribution in [2.24, 2.45) is 0 Å². The van der Waals surface area contributed by atoms with E-state index in [9.17, 15) is 13.2 Å². The third-order valence-electron chi connectivity index (χ3n) is 4.62. The van der Waals surface area contributed by atoms with Gasteiger partial charge in [-0.1, -0.05) is 18.2 Å². The summed E-state index contributed by atoms with van der Waals surface area (Å²) < 4.78 is 38.4. The monoisotopic (exact) mass is 417 g/mol. The number of benzene rings is 2. The zero-order valence-electron chi connectivity index (χ0n) is 15.0. The van der Waals surface area contributed by atoms with Gasteiger partial charge in [-0.2, -0.15) is 4.31 Å². The zero-order valence-corrected chi connectivity index (χ0v) is 16.7. The molecular formula is C20H19NO5S2. The Morgan fingerprint density at radius 1 is 1.07 bits per heavy atom. The lowest BCUT2D eigenvalue weighted by atomic mass is 10.2. The summed E-state index contributed by atoms with van der Waals surface area (Å²) in [5.74, 6) is -0.481. The molecule has 0 aliphatic carbocycles. The van der Waals surface area contributed by atoms with Gasteiger partial charge in [0.2, 0.25) is 10.0 Å². The molecule has 0 spiro atoms. The number of carbonyl (C=O) groups excluding carboxylic acids is 1. The van der Waals surface area contributed by atoms with Gasteiger partial charge in [0.15, 0.2) is 0 Å². The molecule has 0 amide bonds. The van der Waals surface area contributed by atoms with Crippen molar-refractivity contribution >= 4 is 37.4 Å². The third kappa shape index (κ3) is 3.81. The average Bonchev–Trinajstić information content (AvgIpc) is 3.16. The lowest BCUT2D eigenvalue weighted by Gasteiger charge is -2.26. The molecule has 146 valence electrons. The normalized spacial score (nSPS) is 15.6. The number of fused-ring (bicyclic) bond motifs is 1. The first-order valence-corrected chi connectivity index (χ1v) is 11.2. The van der Waals surface area contributed by atoms with E-state index in [0.717, 1.165) is 15.6 Å². The van der Waals surface area contributed by atoms with Crippen molar-refractivity contribution < 1.29 is 22.7 Å². The number of carbonyl (C=O) groups is 1. The minimum atomic E-state index is -3.57. The summed E-state index contributed by atoms with van der Waals surface area (Å²) in [4.78, 5) is 12.5. The van der Waals surface area contributed by atoms with Gasteiger partial charge in [0.1, 0.15) is 6.61 Å². The number of ether oxygens (including phenoxy) is 2. The molecule has 8 heteroatoms. The number of thiophene rings is 1. The lowest BCUT2D eigenvalue weighted by Crippen LogP contribution is -2.40. The van der Waals surface area contributed by atoms with Gasteiger partial charge in [-0.05, 0) is 41.1 Å². The van der Waals surface area contributed by atoms with Crippen LogP contribution < -0.4 is 0 Å². The van der Waals surface area contributed by atoms with Crippen LogP contribution in [0.2, 0.25) is 0 Å². The van der Waals surface area contributed by atoms with Gasteiger partial charge in [0.05, 0.1) is 23.7 Å². The van der Waals surface area contributed by atoms with Gasteiger partial charge in [-0.15, -0.1) is 11.3 Å². The number of nitrogens with zero attached hydrogens (tertiary/aromatic N) is 1. The molecule has 0 radical (unpaired) electrons. The summed E-state index contributed by atoms with van der Waals surface area (Å²) in [5.41, 5.74) is 1.28. The molecule has 1 aliphatic heterocycles. The van der Waals surface area contributed by atoms with Crippen molar-refractivity contribution in [1.82, 2.24) is 4.31 Å². The molecule has 1 aliphatic rings. The van der Waals surface area contributed by atoms with Gasteiger partial charge in [0, 0.05) is 23.4 Å². The first kappa shape index (κ1) is 19.1. The smallest absolute Gasteiger partial charge is 0.338 e. The number of hydrogen-bond donors (Lipinski definition) is 0. The predicted octanol–water partition coefficient (Wildman–Crippen LogP) is 3.28. The Kier molecular flexibility index (Phi) is 5.45. The minimum Gasteiger partial charge on any atom is -0.457 e. The molecule has 4 rings (SSSR count). The van der Waals surface area contributed by atoms with Crippen LogP contribution in [0.4, 0.5) is 0 Å². The molecule has 0 bridgehead atoms. The SMILES string of the molecule is O=C(OCc1csc2ccccc12)c1ccc(S(=O)(=O)N2CCOCC2)cc1. The predicted molar refractivity (Wildman–Crippen MR) is 107 cm³/mol. The van der Waals surface area contributed by atoms with E-state index in [-0.39, 0.29) is 11.5 Å². The van der Waals surface area contributed by atoms with E-state index in [1.54, 1.807) is 11.3 Å². The fourth-order valence-corrected chi connectivity index (χ4v) is 5.43. The Hall–Kier alpha value is -2.26. The van der Waals surface area contributed by atoms with E-state index < -0.39 is 16.0 Å². The average molecular weight is 418 g/mol. The summed E-state index contributed by atoms with van der Waals surface area (Å²) in [5, 5.41) is 3.06. The van der Waals surface area contributed by atoms with Crippen LogP contribution in [-0.2, 0) is 26.1 Å². The first-order valence-electron chi connectivity index (χ1n) is 8.86. The second-order valence-corrected chi connectivity index (χ2v) is 9.22. The number of hydrogen-bond acceptors (Lipinski definition) is 6. The number of rotatable bonds is 5. The molecule has 0 unspecified atom stereocenters. The van der Waals surface area contributed by atoms with E-state index in [2.05, 4.69) is 0 Å². The van der Waals surface area contributed by atoms with Crippen molar-refractivity contribution in [3.8, 4) is 0 Å². The topological polar surface area (TPSA) is 72.9 Å². The van der Waals surface area contributed by atoms with Crippen molar-refractivity contribution in [2.75, 3.05) is 26.3 Å². The highest BCUT2D eigenvalue weighted by Crippen LogP contribution is 2.26.